The van der Waals surface area contributed by atoms with Gasteiger partial charge in [0.05, 0.1) is 25.3 Å². The van der Waals surface area contributed by atoms with Crippen LogP contribution in [0.3, 0.4) is 0 Å². The Morgan fingerprint density at radius 1 is 1.00 bits per heavy atom. The predicted octanol–water partition coefficient (Wildman–Crippen LogP) is 0.531. The number of amides is 2. The number of rotatable bonds is 2. The van der Waals surface area contributed by atoms with Crippen molar-refractivity contribution in [2.45, 2.75) is 0 Å². The van der Waals surface area contributed by atoms with E-state index in [1.807, 2.05) is 0 Å². The van der Waals surface area contributed by atoms with E-state index < -0.39 is 11.8 Å². The number of nitrogens with zero attached hydrogens (tertiary/aromatic N) is 2. The minimum absolute atomic E-state index is 0.0321. The van der Waals surface area contributed by atoms with Crippen molar-refractivity contribution in [1.82, 2.24) is 15.5 Å². The van der Waals surface area contributed by atoms with Crippen molar-refractivity contribution in [3.8, 4) is 11.5 Å². The number of hydrogen-bond donors (Lipinski definition) is 1. The Kier molecular flexibility index (Phi) is 2.34. The molecule has 2 heterocycles. The summed E-state index contributed by atoms with van der Waals surface area (Å²) in [5.41, 5.74) is 0.710. The van der Waals surface area contributed by atoms with Gasteiger partial charge in [-0.3, -0.25) is 14.9 Å². The maximum Gasteiger partial charge on any atom is 0.279 e. The molecule has 7 nitrogen and oxygen atoms in total. The largest absolute Gasteiger partial charge is 0.493 e. The van der Waals surface area contributed by atoms with Crippen molar-refractivity contribution in [3.63, 3.8) is 0 Å². The van der Waals surface area contributed by atoms with E-state index in [-0.39, 0.29) is 11.3 Å². The summed E-state index contributed by atoms with van der Waals surface area (Å²) < 4.78 is 10.3. The molecule has 0 saturated carbocycles. The van der Waals surface area contributed by atoms with Gasteiger partial charge in [-0.05, 0) is 6.07 Å². The van der Waals surface area contributed by atoms with Gasteiger partial charge in [-0.2, -0.15) is 0 Å². The molecule has 1 aromatic carbocycles. The van der Waals surface area contributed by atoms with E-state index in [0.29, 0.717) is 22.4 Å². The number of methoxy groups -OCH3 is 2. The third-order valence-corrected chi connectivity index (χ3v) is 2.93. The molecule has 0 bridgehead atoms. The first kappa shape index (κ1) is 11.4. The van der Waals surface area contributed by atoms with Crippen LogP contribution in [0.2, 0.25) is 0 Å². The monoisotopic (exact) mass is 259 g/mol. The van der Waals surface area contributed by atoms with E-state index in [2.05, 4.69) is 15.5 Å². The van der Waals surface area contributed by atoms with Crippen LogP contribution in [0.25, 0.3) is 10.9 Å². The molecule has 0 atom stereocenters. The SMILES string of the molecule is COc1cc2nnc3c(c2cc1OC)C(=O)NC3=O. The third kappa shape index (κ3) is 1.51. The Bertz CT molecular complexity index is 726. The number of fused-ring (bicyclic) bond motifs is 3. The Hall–Kier alpha value is -2.70. The van der Waals surface area contributed by atoms with E-state index in [1.54, 1.807) is 12.1 Å². The van der Waals surface area contributed by atoms with Crippen molar-refractivity contribution in [1.29, 1.82) is 0 Å². The molecule has 3 rings (SSSR count). The van der Waals surface area contributed by atoms with Gasteiger partial charge in [0.15, 0.2) is 17.2 Å². The lowest BCUT2D eigenvalue weighted by atomic mass is 10.1. The molecule has 0 saturated heterocycles. The number of aromatic nitrogens is 2. The van der Waals surface area contributed by atoms with E-state index in [9.17, 15) is 9.59 Å². The van der Waals surface area contributed by atoms with Gasteiger partial charge >= 0.3 is 0 Å². The minimum Gasteiger partial charge on any atom is -0.493 e. The molecule has 96 valence electrons. The lowest BCUT2D eigenvalue weighted by Crippen LogP contribution is -2.20. The second-order valence-corrected chi connectivity index (χ2v) is 3.93. The highest BCUT2D eigenvalue weighted by atomic mass is 16.5. The molecule has 0 aliphatic carbocycles. The molecule has 2 amide bonds. The number of imide groups is 1. The Labute approximate surface area is 107 Å². The zero-order valence-corrected chi connectivity index (χ0v) is 10.2. The van der Waals surface area contributed by atoms with Crippen LogP contribution in [0.1, 0.15) is 20.8 Å². The highest BCUT2D eigenvalue weighted by Crippen LogP contribution is 2.33. The Balaban J connectivity index is 2.38. The second-order valence-electron chi connectivity index (χ2n) is 3.93. The summed E-state index contributed by atoms with van der Waals surface area (Å²) in [5.74, 6) is -0.0809. The summed E-state index contributed by atoms with van der Waals surface area (Å²) in [6, 6.07) is 3.22. The fourth-order valence-corrected chi connectivity index (χ4v) is 2.05. The van der Waals surface area contributed by atoms with Crippen LogP contribution < -0.4 is 14.8 Å². The van der Waals surface area contributed by atoms with E-state index >= 15 is 0 Å². The second kappa shape index (κ2) is 3.91. The molecule has 1 aliphatic rings. The molecular weight excluding hydrogens is 250 g/mol. The number of ether oxygens (including phenoxy) is 2. The fraction of sp³-hybridized carbons (Fsp3) is 0.167. The van der Waals surface area contributed by atoms with Crippen LogP contribution in [0.15, 0.2) is 12.1 Å². The highest BCUT2D eigenvalue weighted by Gasteiger charge is 2.31. The first-order valence-electron chi connectivity index (χ1n) is 5.43. The summed E-state index contributed by atoms with van der Waals surface area (Å²) in [5, 5.41) is 10.4. The maximum absolute atomic E-state index is 11.8. The minimum atomic E-state index is -0.538. The highest BCUT2D eigenvalue weighted by molar-refractivity contribution is 6.25. The Morgan fingerprint density at radius 3 is 2.37 bits per heavy atom. The number of nitrogens with one attached hydrogen (secondary N) is 1. The van der Waals surface area contributed by atoms with Gasteiger partial charge in [0.2, 0.25) is 0 Å². The van der Waals surface area contributed by atoms with Gasteiger partial charge in [0.25, 0.3) is 11.8 Å². The molecule has 1 aliphatic heterocycles. The molecule has 19 heavy (non-hydrogen) atoms. The zero-order chi connectivity index (χ0) is 13.6. The first-order valence-corrected chi connectivity index (χ1v) is 5.43. The number of carbonyl (C=O) groups is 2. The molecule has 1 N–H and O–H groups in total. The molecular formula is C12H9N3O4. The Morgan fingerprint density at radius 2 is 1.68 bits per heavy atom. The van der Waals surface area contributed by atoms with Gasteiger partial charge in [0.1, 0.15) is 0 Å². The van der Waals surface area contributed by atoms with Crippen molar-refractivity contribution < 1.29 is 19.1 Å². The normalized spacial score (nSPS) is 13.4. The average molecular weight is 259 g/mol. The van der Waals surface area contributed by atoms with Crippen molar-refractivity contribution in [2.75, 3.05) is 14.2 Å². The lowest BCUT2D eigenvalue weighted by Gasteiger charge is -2.09. The van der Waals surface area contributed by atoms with E-state index in [0.717, 1.165) is 0 Å². The van der Waals surface area contributed by atoms with Crippen LogP contribution >= 0.6 is 0 Å². The summed E-state index contributed by atoms with van der Waals surface area (Å²) >= 11 is 0. The molecule has 1 aromatic heterocycles. The van der Waals surface area contributed by atoms with Crippen LogP contribution in [0.5, 0.6) is 11.5 Å². The molecule has 0 spiro atoms. The van der Waals surface area contributed by atoms with Crippen LogP contribution in [0.4, 0.5) is 0 Å². The van der Waals surface area contributed by atoms with Gasteiger partial charge in [-0.1, -0.05) is 0 Å². The summed E-state index contributed by atoms with van der Waals surface area (Å²) in [6.07, 6.45) is 0. The molecule has 2 aromatic rings. The first-order chi connectivity index (χ1) is 9.15. The maximum atomic E-state index is 11.8. The standard InChI is InChI=1S/C12H9N3O4/c1-18-7-3-5-6(4-8(7)19-2)14-15-10-9(5)11(16)13-12(10)17/h3-4H,1-2H3,(H,13,16,17). The number of benzene rings is 1. The predicted molar refractivity (Wildman–Crippen MR) is 64.4 cm³/mol. The summed E-state index contributed by atoms with van der Waals surface area (Å²) in [6.45, 7) is 0. The fourth-order valence-electron chi connectivity index (χ4n) is 2.05. The van der Waals surface area contributed by atoms with Crippen LogP contribution in [-0.2, 0) is 0 Å². The van der Waals surface area contributed by atoms with Crippen LogP contribution in [0, 0.1) is 0 Å². The molecule has 0 unspecified atom stereocenters. The van der Waals surface area contributed by atoms with Crippen molar-refractivity contribution in [3.05, 3.63) is 23.4 Å². The van der Waals surface area contributed by atoms with Crippen LogP contribution in [-0.4, -0.2) is 36.2 Å². The lowest BCUT2D eigenvalue weighted by molar-refractivity contribution is 0.0878. The van der Waals surface area contributed by atoms with E-state index in [4.69, 9.17) is 9.47 Å². The van der Waals surface area contributed by atoms with E-state index in [1.165, 1.54) is 14.2 Å². The van der Waals surface area contributed by atoms with Gasteiger partial charge < -0.3 is 9.47 Å². The average Bonchev–Trinajstić information content (AvgIpc) is 2.72. The zero-order valence-electron chi connectivity index (χ0n) is 10.2. The summed E-state index contributed by atoms with van der Waals surface area (Å²) in [7, 11) is 2.99. The topological polar surface area (TPSA) is 90.4 Å². The molecule has 0 fully saturated rings. The number of hydrogen-bond acceptors (Lipinski definition) is 6. The molecule has 7 heteroatoms. The third-order valence-electron chi connectivity index (χ3n) is 2.93. The number of carbonyl (C=O) groups excluding carboxylic acids is 2. The quantitative estimate of drug-likeness (QED) is 0.791. The smallest absolute Gasteiger partial charge is 0.279 e. The molecule has 0 radical (unpaired) electrons. The summed E-state index contributed by atoms with van der Waals surface area (Å²) in [4.78, 5) is 23.3. The van der Waals surface area contributed by atoms with Gasteiger partial charge in [-0.25, -0.2) is 0 Å². The van der Waals surface area contributed by atoms with Gasteiger partial charge in [0, 0.05) is 11.5 Å². The van der Waals surface area contributed by atoms with Gasteiger partial charge in [-0.15, -0.1) is 10.2 Å². The van der Waals surface area contributed by atoms with Crippen molar-refractivity contribution >= 4 is 22.7 Å². The van der Waals surface area contributed by atoms with Crippen molar-refractivity contribution in [2.24, 2.45) is 0 Å².